The molecule has 0 spiro atoms. The number of aromatic nitrogens is 1. The van der Waals surface area contributed by atoms with Crippen molar-refractivity contribution in [2.45, 2.75) is 19.8 Å². The number of hydrogen-bond donors (Lipinski definition) is 2. The Bertz CT molecular complexity index is 794. The summed E-state index contributed by atoms with van der Waals surface area (Å²) in [5.74, 6) is 0.453. The summed E-state index contributed by atoms with van der Waals surface area (Å²) in [7, 11) is 0. The van der Waals surface area contributed by atoms with Crippen LogP contribution in [0.25, 0.3) is 0 Å². The van der Waals surface area contributed by atoms with E-state index in [9.17, 15) is 9.59 Å². The Hall–Kier alpha value is -2.60. The standard InChI is InChI=1S/C19H21ClN4O2/c1-13(25)22-15-6-8-16(9-7-15)23-19(26)14-4-3-11-24(12-14)18-17(20)5-2-10-21-18/h2,5-10,14H,3-4,11-12H2,1H3,(H,22,25)(H,23,26)/t14-/m1/s1. The lowest BCUT2D eigenvalue weighted by atomic mass is 9.97. The SMILES string of the molecule is CC(=O)Nc1ccc(NC(=O)[C@@H]2CCCN(c3ncccc3Cl)C2)cc1. The molecule has 2 aromatic rings. The van der Waals surface area contributed by atoms with E-state index in [1.165, 1.54) is 6.92 Å². The summed E-state index contributed by atoms with van der Waals surface area (Å²) >= 11 is 6.23. The van der Waals surface area contributed by atoms with Gasteiger partial charge in [-0.25, -0.2) is 4.98 Å². The van der Waals surface area contributed by atoms with Gasteiger partial charge in [0.25, 0.3) is 0 Å². The van der Waals surface area contributed by atoms with Crippen LogP contribution in [0, 0.1) is 5.92 Å². The first kappa shape index (κ1) is 18.2. The fourth-order valence-electron chi connectivity index (χ4n) is 3.08. The number of carbonyl (C=O) groups excluding carboxylic acids is 2. The molecule has 0 unspecified atom stereocenters. The zero-order valence-corrected chi connectivity index (χ0v) is 15.3. The van der Waals surface area contributed by atoms with Crippen LogP contribution >= 0.6 is 11.6 Å². The number of nitrogens with zero attached hydrogens (tertiary/aromatic N) is 2. The highest BCUT2D eigenvalue weighted by Crippen LogP contribution is 2.28. The molecule has 0 bridgehead atoms. The van der Waals surface area contributed by atoms with E-state index in [-0.39, 0.29) is 17.7 Å². The zero-order chi connectivity index (χ0) is 18.5. The first-order valence-corrected chi connectivity index (χ1v) is 8.94. The van der Waals surface area contributed by atoms with Crippen molar-refractivity contribution in [2.75, 3.05) is 28.6 Å². The molecule has 1 aromatic heterocycles. The van der Waals surface area contributed by atoms with E-state index in [1.54, 1.807) is 36.5 Å². The smallest absolute Gasteiger partial charge is 0.229 e. The number of amides is 2. The quantitative estimate of drug-likeness (QED) is 0.860. The first-order valence-electron chi connectivity index (χ1n) is 8.57. The van der Waals surface area contributed by atoms with Gasteiger partial charge in [0.15, 0.2) is 0 Å². The molecular formula is C19H21ClN4O2. The van der Waals surface area contributed by atoms with Crippen LogP contribution in [-0.2, 0) is 9.59 Å². The first-order chi connectivity index (χ1) is 12.5. The van der Waals surface area contributed by atoms with E-state index in [2.05, 4.69) is 20.5 Å². The maximum absolute atomic E-state index is 12.6. The molecule has 1 aliphatic rings. The van der Waals surface area contributed by atoms with E-state index < -0.39 is 0 Å². The molecule has 0 radical (unpaired) electrons. The lowest BCUT2D eigenvalue weighted by Gasteiger charge is -2.33. The second-order valence-electron chi connectivity index (χ2n) is 6.34. The molecule has 6 nitrogen and oxygen atoms in total. The molecule has 1 atom stereocenters. The molecule has 1 aromatic carbocycles. The Balaban J connectivity index is 1.62. The van der Waals surface area contributed by atoms with Crippen LogP contribution in [0.1, 0.15) is 19.8 Å². The Labute approximate surface area is 157 Å². The number of carbonyl (C=O) groups is 2. The van der Waals surface area contributed by atoms with Crippen LogP contribution in [0.4, 0.5) is 17.2 Å². The van der Waals surface area contributed by atoms with Crippen molar-refractivity contribution >= 4 is 40.6 Å². The van der Waals surface area contributed by atoms with Gasteiger partial charge >= 0.3 is 0 Å². The van der Waals surface area contributed by atoms with E-state index in [0.29, 0.717) is 22.9 Å². The van der Waals surface area contributed by atoms with Gasteiger partial charge in [-0.05, 0) is 49.2 Å². The molecule has 3 rings (SSSR count). The van der Waals surface area contributed by atoms with E-state index >= 15 is 0 Å². The highest BCUT2D eigenvalue weighted by atomic mass is 35.5. The predicted octanol–water partition coefficient (Wildman–Crippen LogP) is 3.55. The number of halogens is 1. The third-order valence-corrected chi connectivity index (χ3v) is 4.60. The van der Waals surface area contributed by atoms with E-state index in [1.807, 2.05) is 6.07 Å². The number of rotatable bonds is 4. The minimum Gasteiger partial charge on any atom is -0.355 e. The maximum atomic E-state index is 12.6. The van der Waals surface area contributed by atoms with Crippen LogP contribution < -0.4 is 15.5 Å². The molecular weight excluding hydrogens is 352 g/mol. The highest BCUT2D eigenvalue weighted by Gasteiger charge is 2.27. The van der Waals surface area contributed by atoms with Crippen LogP contribution in [0.2, 0.25) is 5.02 Å². The summed E-state index contributed by atoms with van der Waals surface area (Å²) in [6.07, 6.45) is 3.45. The maximum Gasteiger partial charge on any atom is 0.229 e. The normalized spacial score (nSPS) is 16.8. The second kappa shape index (κ2) is 8.19. The van der Waals surface area contributed by atoms with Gasteiger partial charge in [-0.15, -0.1) is 0 Å². The van der Waals surface area contributed by atoms with Crippen molar-refractivity contribution in [3.05, 3.63) is 47.6 Å². The molecule has 2 N–H and O–H groups in total. The molecule has 2 amide bonds. The Morgan fingerprint density at radius 2 is 1.85 bits per heavy atom. The van der Waals surface area contributed by atoms with E-state index in [4.69, 9.17) is 11.6 Å². The van der Waals surface area contributed by atoms with Gasteiger partial charge in [0.1, 0.15) is 5.82 Å². The largest absolute Gasteiger partial charge is 0.355 e. The number of pyridine rings is 1. The predicted molar refractivity (Wildman–Crippen MR) is 104 cm³/mol. The monoisotopic (exact) mass is 372 g/mol. The topological polar surface area (TPSA) is 74.3 Å². The molecule has 1 saturated heterocycles. The Morgan fingerprint density at radius 3 is 2.50 bits per heavy atom. The average molecular weight is 373 g/mol. The van der Waals surface area contributed by atoms with Crippen molar-refractivity contribution in [3.63, 3.8) is 0 Å². The molecule has 26 heavy (non-hydrogen) atoms. The van der Waals surface area contributed by atoms with Crippen molar-refractivity contribution in [1.82, 2.24) is 4.98 Å². The number of nitrogens with one attached hydrogen (secondary N) is 2. The molecule has 1 aliphatic heterocycles. The fourth-order valence-corrected chi connectivity index (χ4v) is 3.32. The Kier molecular flexibility index (Phi) is 5.73. The van der Waals surface area contributed by atoms with E-state index in [0.717, 1.165) is 25.2 Å². The third kappa shape index (κ3) is 4.52. The average Bonchev–Trinajstić information content (AvgIpc) is 2.63. The summed E-state index contributed by atoms with van der Waals surface area (Å²) in [5.41, 5.74) is 1.40. The molecule has 136 valence electrons. The van der Waals surface area contributed by atoms with Gasteiger partial charge in [-0.1, -0.05) is 11.6 Å². The number of anilines is 3. The van der Waals surface area contributed by atoms with Gasteiger partial charge in [0.05, 0.1) is 10.9 Å². The van der Waals surface area contributed by atoms with Crippen LogP contribution in [0.5, 0.6) is 0 Å². The minimum absolute atomic E-state index is 0.0194. The summed E-state index contributed by atoms with van der Waals surface area (Å²) < 4.78 is 0. The molecule has 2 heterocycles. The Morgan fingerprint density at radius 1 is 1.15 bits per heavy atom. The zero-order valence-electron chi connectivity index (χ0n) is 14.5. The number of benzene rings is 1. The van der Waals surface area contributed by atoms with Crippen molar-refractivity contribution in [3.8, 4) is 0 Å². The van der Waals surface area contributed by atoms with Crippen LogP contribution in [0.3, 0.4) is 0 Å². The molecule has 0 aliphatic carbocycles. The summed E-state index contributed by atoms with van der Waals surface area (Å²) in [5, 5.41) is 6.25. The number of hydrogen-bond acceptors (Lipinski definition) is 4. The second-order valence-corrected chi connectivity index (χ2v) is 6.75. The lowest BCUT2D eigenvalue weighted by molar-refractivity contribution is -0.120. The molecule has 7 heteroatoms. The lowest BCUT2D eigenvalue weighted by Crippen LogP contribution is -2.41. The van der Waals surface area contributed by atoms with Gasteiger partial charge in [-0.3, -0.25) is 9.59 Å². The van der Waals surface area contributed by atoms with Crippen LogP contribution in [0.15, 0.2) is 42.6 Å². The van der Waals surface area contributed by atoms with Gasteiger partial charge < -0.3 is 15.5 Å². The van der Waals surface area contributed by atoms with Gasteiger partial charge in [0, 0.05) is 37.6 Å². The van der Waals surface area contributed by atoms with Gasteiger partial charge in [0.2, 0.25) is 11.8 Å². The van der Waals surface area contributed by atoms with Gasteiger partial charge in [-0.2, -0.15) is 0 Å². The van der Waals surface area contributed by atoms with Crippen molar-refractivity contribution in [1.29, 1.82) is 0 Å². The fraction of sp³-hybridized carbons (Fsp3) is 0.316. The van der Waals surface area contributed by atoms with Crippen molar-refractivity contribution < 1.29 is 9.59 Å². The highest BCUT2D eigenvalue weighted by molar-refractivity contribution is 6.32. The summed E-state index contributed by atoms with van der Waals surface area (Å²) in [4.78, 5) is 30.1. The third-order valence-electron chi connectivity index (χ3n) is 4.30. The van der Waals surface area contributed by atoms with Crippen molar-refractivity contribution in [2.24, 2.45) is 5.92 Å². The summed E-state index contributed by atoms with van der Waals surface area (Å²) in [6.45, 7) is 2.89. The van der Waals surface area contributed by atoms with Crippen LogP contribution in [-0.4, -0.2) is 29.9 Å². The summed E-state index contributed by atoms with van der Waals surface area (Å²) in [6, 6.07) is 10.7. The number of piperidine rings is 1. The minimum atomic E-state index is -0.128. The molecule has 0 saturated carbocycles. The molecule has 1 fully saturated rings.